The van der Waals surface area contributed by atoms with Crippen molar-refractivity contribution < 1.29 is 8.42 Å². The van der Waals surface area contributed by atoms with Crippen LogP contribution in [-0.2, 0) is 29.5 Å². The Labute approximate surface area is 184 Å². The second-order valence-corrected chi connectivity index (χ2v) is 10.7. The molecule has 0 fully saturated rings. The molecule has 0 spiro atoms. The maximum Gasteiger partial charge on any atom is 0.234 e. The maximum absolute atomic E-state index is 12.5. The maximum atomic E-state index is 12.5. The minimum Gasteiger partial charge on any atom is -0.302 e. The first-order valence-electron chi connectivity index (χ1n) is 9.16. The Morgan fingerprint density at radius 2 is 1.93 bits per heavy atom. The molecule has 152 valence electrons. The second-order valence-electron chi connectivity index (χ2n) is 7.09. The van der Waals surface area contributed by atoms with E-state index in [4.69, 9.17) is 23.2 Å². The van der Waals surface area contributed by atoms with Gasteiger partial charge in [0.05, 0.1) is 9.72 Å². The quantitative estimate of drug-likeness (QED) is 0.555. The van der Waals surface area contributed by atoms with Gasteiger partial charge >= 0.3 is 0 Å². The van der Waals surface area contributed by atoms with E-state index >= 15 is 0 Å². The molecule has 2 heterocycles. The highest BCUT2D eigenvalue weighted by Crippen LogP contribution is 2.43. The first-order chi connectivity index (χ1) is 13.8. The van der Waals surface area contributed by atoms with E-state index in [1.807, 2.05) is 30.3 Å². The van der Waals surface area contributed by atoms with Gasteiger partial charge in [0.15, 0.2) is 0 Å². The average molecular weight is 467 g/mol. The number of thiophene rings is 1. The number of rotatable bonds is 5. The van der Waals surface area contributed by atoms with Gasteiger partial charge in [-0.25, -0.2) is 13.1 Å². The molecule has 1 aromatic heterocycles. The summed E-state index contributed by atoms with van der Waals surface area (Å²) >= 11 is 14.5. The van der Waals surface area contributed by atoms with Crippen molar-refractivity contribution in [2.75, 3.05) is 13.6 Å². The number of hydrogen-bond acceptors (Lipinski definition) is 4. The van der Waals surface area contributed by atoms with E-state index in [9.17, 15) is 8.42 Å². The van der Waals surface area contributed by atoms with Gasteiger partial charge in [-0.2, -0.15) is 0 Å². The summed E-state index contributed by atoms with van der Waals surface area (Å²) in [7, 11) is -1.51. The molecular weight excluding hydrogens is 447 g/mol. The summed E-state index contributed by atoms with van der Waals surface area (Å²) in [6.07, 6.45) is 2.43. The lowest BCUT2D eigenvalue weighted by Gasteiger charge is -2.14. The van der Waals surface area contributed by atoms with Crippen LogP contribution in [0.3, 0.4) is 0 Å². The Hall–Kier alpha value is -1.41. The summed E-state index contributed by atoms with van der Waals surface area (Å²) in [6.45, 7) is 1.85. The molecule has 1 N–H and O–H groups in total. The number of halogens is 2. The van der Waals surface area contributed by atoms with Gasteiger partial charge in [-0.15, -0.1) is 11.3 Å². The van der Waals surface area contributed by atoms with Crippen molar-refractivity contribution in [1.29, 1.82) is 0 Å². The summed E-state index contributed by atoms with van der Waals surface area (Å²) < 4.78 is 28.6. The largest absolute Gasteiger partial charge is 0.302 e. The van der Waals surface area contributed by atoms with E-state index in [0.717, 1.165) is 51.2 Å². The van der Waals surface area contributed by atoms with E-state index in [1.165, 1.54) is 16.7 Å². The predicted octanol–water partition coefficient (Wildman–Crippen LogP) is 5.29. The normalized spacial score (nSPS) is 15.3. The predicted molar refractivity (Wildman–Crippen MR) is 123 cm³/mol. The second kappa shape index (κ2) is 8.38. The molecule has 0 unspecified atom stereocenters. The third-order valence-electron chi connectivity index (χ3n) is 5.00. The average Bonchev–Trinajstić information content (AvgIpc) is 2.94. The van der Waals surface area contributed by atoms with Gasteiger partial charge in [0.25, 0.3) is 0 Å². The summed E-state index contributed by atoms with van der Waals surface area (Å²) in [6, 6.07) is 11.1. The molecular formula is C21H20Cl2N2O2S2. The van der Waals surface area contributed by atoms with Crippen molar-refractivity contribution in [2.45, 2.75) is 19.5 Å². The fourth-order valence-electron chi connectivity index (χ4n) is 3.54. The zero-order chi connectivity index (χ0) is 20.6. The fraction of sp³-hybridized carbons (Fsp3) is 0.238. The van der Waals surface area contributed by atoms with Crippen molar-refractivity contribution in [2.24, 2.45) is 0 Å². The van der Waals surface area contributed by atoms with Gasteiger partial charge < -0.3 is 4.90 Å². The Morgan fingerprint density at radius 1 is 1.17 bits per heavy atom. The topological polar surface area (TPSA) is 49.4 Å². The lowest BCUT2D eigenvalue weighted by atomic mass is 10.0. The smallest absolute Gasteiger partial charge is 0.234 e. The highest BCUT2D eigenvalue weighted by atomic mass is 35.5. The van der Waals surface area contributed by atoms with Crippen LogP contribution in [0.5, 0.6) is 0 Å². The molecule has 0 saturated carbocycles. The molecule has 1 aliphatic rings. The van der Waals surface area contributed by atoms with E-state index in [0.29, 0.717) is 10.0 Å². The lowest BCUT2D eigenvalue weighted by Crippen LogP contribution is -2.22. The van der Waals surface area contributed by atoms with E-state index in [1.54, 1.807) is 12.1 Å². The molecule has 8 heteroatoms. The van der Waals surface area contributed by atoms with Crippen LogP contribution in [0.15, 0.2) is 41.8 Å². The number of benzene rings is 2. The van der Waals surface area contributed by atoms with Crippen LogP contribution >= 0.6 is 34.5 Å². The Morgan fingerprint density at radius 3 is 2.69 bits per heavy atom. The van der Waals surface area contributed by atoms with Gasteiger partial charge in [0.2, 0.25) is 10.0 Å². The molecule has 3 aromatic rings. The first kappa shape index (κ1) is 20.8. The molecule has 4 rings (SSSR count). The molecule has 0 radical (unpaired) electrons. The van der Waals surface area contributed by atoms with Crippen LogP contribution in [0, 0.1) is 0 Å². The number of likely N-dealkylation sites (N-methyl/N-ethyl adjacent to an activating group) is 1. The van der Waals surface area contributed by atoms with Crippen molar-refractivity contribution >= 4 is 60.7 Å². The molecule has 0 saturated heterocycles. The van der Waals surface area contributed by atoms with Crippen LogP contribution in [0.25, 0.3) is 16.2 Å². The van der Waals surface area contributed by atoms with Crippen molar-refractivity contribution in [3.63, 3.8) is 0 Å². The van der Waals surface area contributed by atoms with Crippen LogP contribution in [-0.4, -0.2) is 26.9 Å². The molecule has 4 nitrogen and oxygen atoms in total. The van der Waals surface area contributed by atoms with Crippen molar-refractivity contribution in [3.05, 3.63) is 73.4 Å². The fourth-order valence-corrected chi connectivity index (χ4v) is 6.26. The van der Waals surface area contributed by atoms with Gasteiger partial charge in [-0.05, 0) is 42.3 Å². The Balaban J connectivity index is 1.65. The Bertz CT molecular complexity index is 1190. The van der Waals surface area contributed by atoms with Crippen molar-refractivity contribution in [1.82, 2.24) is 9.62 Å². The standard InChI is InChI=1S/C21H20Cl2N2O2S2/c1-25-9-7-15-17(22)11-18(23)21-20(15)16(13-25)19(28-21)12-24-29(26,27)10-8-14-5-3-2-4-6-14/h2-6,8,10-11,24H,7,9,12-13H2,1H3/b10-8+. The summed E-state index contributed by atoms with van der Waals surface area (Å²) in [5.74, 6) is 0. The molecule has 1 aliphatic heterocycles. The summed E-state index contributed by atoms with van der Waals surface area (Å²) in [4.78, 5) is 3.19. The summed E-state index contributed by atoms with van der Waals surface area (Å²) in [5, 5.41) is 3.58. The lowest BCUT2D eigenvalue weighted by molar-refractivity contribution is 0.336. The van der Waals surface area contributed by atoms with E-state index < -0.39 is 10.0 Å². The molecule has 0 atom stereocenters. The highest BCUT2D eigenvalue weighted by Gasteiger charge is 2.24. The van der Waals surface area contributed by atoms with Crippen LogP contribution in [0.1, 0.15) is 21.6 Å². The third kappa shape index (κ3) is 4.53. The number of nitrogens with zero attached hydrogens (tertiary/aromatic N) is 1. The highest BCUT2D eigenvalue weighted by molar-refractivity contribution is 7.92. The molecule has 29 heavy (non-hydrogen) atoms. The third-order valence-corrected chi connectivity index (χ3v) is 8.05. The summed E-state index contributed by atoms with van der Waals surface area (Å²) in [5.41, 5.74) is 3.04. The molecule has 0 aliphatic carbocycles. The van der Waals surface area contributed by atoms with Crippen LogP contribution in [0.2, 0.25) is 10.0 Å². The number of sulfonamides is 1. The van der Waals surface area contributed by atoms with Crippen molar-refractivity contribution in [3.8, 4) is 0 Å². The minimum absolute atomic E-state index is 0.220. The minimum atomic E-state index is -3.57. The zero-order valence-corrected chi connectivity index (χ0v) is 18.9. The van der Waals surface area contributed by atoms with E-state index in [2.05, 4.69) is 16.7 Å². The number of nitrogens with one attached hydrogen (secondary N) is 1. The van der Waals surface area contributed by atoms with Gasteiger partial charge in [-0.1, -0.05) is 53.5 Å². The number of hydrogen-bond donors (Lipinski definition) is 1. The van der Waals surface area contributed by atoms with Crippen LogP contribution in [0.4, 0.5) is 0 Å². The van der Waals surface area contributed by atoms with Gasteiger partial charge in [-0.3, -0.25) is 0 Å². The van der Waals surface area contributed by atoms with Gasteiger partial charge in [0, 0.05) is 40.3 Å². The van der Waals surface area contributed by atoms with E-state index in [-0.39, 0.29) is 6.54 Å². The van der Waals surface area contributed by atoms with Gasteiger partial charge in [0.1, 0.15) is 0 Å². The monoisotopic (exact) mass is 466 g/mol. The Kier molecular flexibility index (Phi) is 6.02. The molecule has 2 aromatic carbocycles. The zero-order valence-electron chi connectivity index (χ0n) is 15.8. The molecule has 0 bridgehead atoms. The first-order valence-corrected chi connectivity index (χ1v) is 12.3. The molecule has 0 amide bonds. The SMILES string of the molecule is CN1CCc2c(Cl)cc(Cl)c3sc(CNS(=O)(=O)/C=C/c4ccccc4)c(c23)C1. The van der Waals surface area contributed by atoms with Crippen LogP contribution < -0.4 is 4.72 Å².